The van der Waals surface area contributed by atoms with Gasteiger partial charge in [0.15, 0.2) is 0 Å². The summed E-state index contributed by atoms with van der Waals surface area (Å²) in [4.78, 5) is 0. The van der Waals surface area contributed by atoms with Crippen molar-refractivity contribution in [3.05, 3.63) is 0 Å². The van der Waals surface area contributed by atoms with Gasteiger partial charge in [0.25, 0.3) is 0 Å². The minimum Gasteiger partial charge on any atom is -0.396 e. The largest absolute Gasteiger partial charge is 0.396 e. The van der Waals surface area contributed by atoms with Gasteiger partial charge in [-0.05, 0) is 86.1 Å². The third-order valence-electron chi connectivity index (χ3n) is 10.2. The molecule has 29 heavy (non-hydrogen) atoms. The van der Waals surface area contributed by atoms with E-state index in [1.54, 1.807) is 0 Å². The third kappa shape index (κ3) is 3.67. The van der Waals surface area contributed by atoms with Crippen molar-refractivity contribution < 1.29 is 8.85 Å². The summed E-state index contributed by atoms with van der Waals surface area (Å²) >= 11 is 0. The van der Waals surface area contributed by atoms with Gasteiger partial charge in [0, 0.05) is 14.2 Å². The van der Waals surface area contributed by atoms with E-state index >= 15 is 0 Å². The second kappa shape index (κ2) is 8.89. The summed E-state index contributed by atoms with van der Waals surface area (Å²) in [5.74, 6) is 6.43. The Morgan fingerprint density at radius 2 is 1.00 bits per heavy atom. The quantitative estimate of drug-likeness (QED) is 0.669. The van der Waals surface area contributed by atoms with Crippen LogP contribution in [-0.4, -0.2) is 47.2 Å². The predicted molar refractivity (Wildman–Crippen MR) is 122 cm³/mol. The molecule has 0 spiro atoms. The van der Waals surface area contributed by atoms with Gasteiger partial charge < -0.3 is 19.5 Å². The third-order valence-corrected chi connectivity index (χ3v) is 14.5. The summed E-state index contributed by atoms with van der Waals surface area (Å²) < 4.78 is 13.2. The first-order valence-corrected chi connectivity index (χ1v) is 14.5. The molecule has 4 rings (SSSR count). The fourth-order valence-corrected chi connectivity index (χ4v) is 12.5. The summed E-state index contributed by atoms with van der Waals surface area (Å²) in [5.41, 5.74) is 0.828. The number of piperidine rings is 2. The average molecular weight is 423 g/mol. The molecule has 10 unspecified atom stereocenters. The molecule has 4 nitrogen and oxygen atoms in total. The molecule has 2 aliphatic carbocycles. The van der Waals surface area contributed by atoms with E-state index in [1.807, 2.05) is 14.2 Å². The maximum Gasteiger partial charge on any atom is 0.373 e. The Labute approximate surface area is 180 Å². The van der Waals surface area contributed by atoms with E-state index in [0.29, 0.717) is 23.2 Å². The molecular formula is C24H46N2O2Si. The second-order valence-corrected chi connectivity index (χ2v) is 14.6. The highest BCUT2D eigenvalue weighted by Gasteiger charge is 2.61. The van der Waals surface area contributed by atoms with Crippen LogP contribution in [0.3, 0.4) is 0 Å². The highest BCUT2D eigenvalue weighted by molar-refractivity contribution is 6.71. The van der Waals surface area contributed by atoms with Gasteiger partial charge in [0.05, 0.1) is 11.3 Å². The van der Waals surface area contributed by atoms with Crippen LogP contribution in [0.1, 0.15) is 66.2 Å². The van der Waals surface area contributed by atoms with E-state index in [1.165, 1.54) is 38.5 Å². The van der Waals surface area contributed by atoms with Crippen LogP contribution in [0.4, 0.5) is 0 Å². The normalized spacial score (nSPS) is 48.6. The number of rotatable bonds is 4. The molecule has 0 radical (unpaired) electrons. The lowest BCUT2D eigenvalue weighted by Gasteiger charge is -2.57. The maximum atomic E-state index is 6.58. The van der Waals surface area contributed by atoms with Gasteiger partial charge in [0.2, 0.25) is 0 Å². The van der Waals surface area contributed by atoms with E-state index < -0.39 is 8.56 Å². The van der Waals surface area contributed by atoms with E-state index in [9.17, 15) is 0 Å². The maximum absolute atomic E-state index is 6.58. The molecule has 2 N–H and O–H groups in total. The average Bonchev–Trinajstić information content (AvgIpc) is 2.75. The van der Waals surface area contributed by atoms with Crippen molar-refractivity contribution in [1.82, 2.24) is 10.6 Å². The molecule has 5 heteroatoms. The van der Waals surface area contributed by atoms with Crippen molar-refractivity contribution >= 4 is 8.56 Å². The molecule has 2 heterocycles. The Morgan fingerprint density at radius 3 is 1.38 bits per heavy atom. The second-order valence-electron chi connectivity index (χ2n) is 11.1. The van der Waals surface area contributed by atoms with Crippen LogP contribution < -0.4 is 10.6 Å². The molecule has 2 saturated carbocycles. The van der Waals surface area contributed by atoms with Crippen molar-refractivity contribution in [1.29, 1.82) is 0 Å². The summed E-state index contributed by atoms with van der Waals surface area (Å²) in [6.45, 7) is 12.2. The van der Waals surface area contributed by atoms with E-state index in [0.717, 1.165) is 48.6 Å². The minimum atomic E-state index is -2.48. The summed E-state index contributed by atoms with van der Waals surface area (Å²) in [5, 5.41) is 7.96. The number of hydrogen-bond acceptors (Lipinski definition) is 4. The van der Waals surface area contributed by atoms with Crippen LogP contribution in [-0.2, 0) is 8.85 Å². The van der Waals surface area contributed by atoms with Crippen LogP contribution >= 0.6 is 0 Å². The summed E-state index contributed by atoms with van der Waals surface area (Å²) in [6, 6.07) is 0. The molecule has 0 aromatic carbocycles. The molecule has 0 aromatic heterocycles. The molecule has 168 valence electrons. The standard InChI is InChI=1S/C24H46N2O2Si/c1-15-7-9-21-19(17(15)3)11-13-25-23(21)29(27-5,28-6)24-22-10-8-16(2)18(4)20(22)12-14-26-24/h15-26H,7-14H2,1-6H3. The molecular weight excluding hydrogens is 376 g/mol. The van der Waals surface area contributed by atoms with Crippen molar-refractivity contribution in [2.75, 3.05) is 27.3 Å². The van der Waals surface area contributed by atoms with Crippen molar-refractivity contribution in [2.24, 2.45) is 47.3 Å². The Hall–Kier alpha value is 0.0569. The first-order valence-electron chi connectivity index (χ1n) is 12.5. The van der Waals surface area contributed by atoms with Gasteiger partial charge in [-0.15, -0.1) is 0 Å². The lowest BCUT2D eigenvalue weighted by molar-refractivity contribution is 0.0297. The predicted octanol–water partition coefficient (Wildman–Crippen LogP) is 4.12. The van der Waals surface area contributed by atoms with Gasteiger partial charge in [-0.2, -0.15) is 0 Å². The molecule has 0 amide bonds. The van der Waals surface area contributed by atoms with Crippen molar-refractivity contribution in [2.45, 2.75) is 77.6 Å². The fourth-order valence-electron chi connectivity index (χ4n) is 8.05. The van der Waals surface area contributed by atoms with Crippen LogP contribution in [0.5, 0.6) is 0 Å². The first-order chi connectivity index (χ1) is 13.9. The van der Waals surface area contributed by atoms with Gasteiger partial charge in [-0.3, -0.25) is 0 Å². The molecule has 4 aliphatic rings. The van der Waals surface area contributed by atoms with Gasteiger partial charge in [-0.1, -0.05) is 40.5 Å². The molecule has 2 saturated heterocycles. The SMILES string of the molecule is CO[Si](OC)(C1NCCC2C(C)C(C)CCC21)C1NCCC2C(C)C(C)CCC21. The topological polar surface area (TPSA) is 42.5 Å². The van der Waals surface area contributed by atoms with Crippen molar-refractivity contribution in [3.8, 4) is 0 Å². The van der Waals surface area contributed by atoms with Crippen LogP contribution in [0.15, 0.2) is 0 Å². The zero-order valence-corrected chi connectivity index (χ0v) is 20.7. The highest BCUT2D eigenvalue weighted by Crippen LogP contribution is 2.49. The summed E-state index contributed by atoms with van der Waals surface area (Å²) in [6.07, 6.45) is 8.04. The Bertz CT molecular complexity index is 513. The zero-order chi connectivity index (χ0) is 20.8. The Kier molecular flexibility index (Phi) is 6.83. The van der Waals surface area contributed by atoms with E-state index in [2.05, 4.69) is 38.3 Å². The van der Waals surface area contributed by atoms with Crippen molar-refractivity contribution in [3.63, 3.8) is 0 Å². The van der Waals surface area contributed by atoms with Crippen LogP contribution in [0.25, 0.3) is 0 Å². The number of fused-ring (bicyclic) bond motifs is 2. The lowest BCUT2D eigenvalue weighted by Crippen LogP contribution is -2.77. The summed E-state index contributed by atoms with van der Waals surface area (Å²) in [7, 11) is 1.43. The highest BCUT2D eigenvalue weighted by atomic mass is 28.4. The first kappa shape index (κ1) is 22.3. The zero-order valence-electron chi connectivity index (χ0n) is 19.7. The molecule has 0 aromatic rings. The molecule has 4 fully saturated rings. The van der Waals surface area contributed by atoms with E-state index in [4.69, 9.17) is 8.85 Å². The van der Waals surface area contributed by atoms with Crippen LogP contribution in [0.2, 0.25) is 0 Å². The minimum absolute atomic E-state index is 0.414. The smallest absolute Gasteiger partial charge is 0.373 e. The number of hydrogen-bond donors (Lipinski definition) is 2. The number of nitrogens with one attached hydrogen (secondary N) is 2. The molecule has 10 atom stereocenters. The van der Waals surface area contributed by atoms with Gasteiger partial charge in [-0.25, -0.2) is 0 Å². The van der Waals surface area contributed by atoms with Gasteiger partial charge >= 0.3 is 8.56 Å². The van der Waals surface area contributed by atoms with Crippen LogP contribution in [0, 0.1) is 47.3 Å². The van der Waals surface area contributed by atoms with Gasteiger partial charge in [0.1, 0.15) is 0 Å². The Morgan fingerprint density at radius 1 is 0.586 bits per heavy atom. The monoisotopic (exact) mass is 422 g/mol. The Balaban J connectivity index is 1.65. The molecule has 0 bridgehead atoms. The lowest BCUT2D eigenvalue weighted by atomic mass is 9.65. The van der Waals surface area contributed by atoms with E-state index in [-0.39, 0.29) is 0 Å². The molecule has 2 aliphatic heterocycles. The fraction of sp³-hybridized carbons (Fsp3) is 1.00.